The van der Waals surface area contributed by atoms with Crippen molar-refractivity contribution in [3.63, 3.8) is 0 Å². The van der Waals surface area contributed by atoms with E-state index in [2.05, 4.69) is 20.0 Å². The first-order valence-electron chi connectivity index (χ1n) is 10.7. The van der Waals surface area contributed by atoms with Gasteiger partial charge in [0.2, 0.25) is 5.91 Å². The number of ether oxygens (including phenoxy) is 1. The lowest BCUT2D eigenvalue weighted by Gasteiger charge is -2.17. The first-order valence-corrected chi connectivity index (χ1v) is 10.7. The van der Waals surface area contributed by atoms with Crippen molar-refractivity contribution >= 4 is 28.4 Å². The van der Waals surface area contributed by atoms with Crippen LogP contribution in [0.15, 0.2) is 54.9 Å². The number of anilines is 2. The molecular formula is C24H20F3N5O2. The maximum atomic E-state index is 13.2. The Balaban J connectivity index is 1.56. The molecule has 1 amide bonds. The predicted octanol–water partition coefficient (Wildman–Crippen LogP) is 4.57. The summed E-state index contributed by atoms with van der Waals surface area (Å²) in [5.41, 5.74) is 10.4. The first kappa shape index (κ1) is 21.7. The van der Waals surface area contributed by atoms with Gasteiger partial charge in [-0.2, -0.15) is 0 Å². The summed E-state index contributed by atoms with van der Waals surface area (Å²) in [7, 11) is 0. The molecule has 1 aliphatic carbocycles. The van der Waals surface area contributed by atoms with E-state index < -0.39 is 18.0 Å². The number of nitrogen functional groups attached to an aromatic ring is 1. The van der Waals surface area contributed by atoms with Gasteiger partial charge in [-0.05, 0) is 42.5 Å². The van der Waals surface area contributed by atoms with Crippen molar-refractivity contribution in [2.24, 2.45) is 0 Å². The third-order valence-corrected chi connectivity index (χ3v) is 5.75. The van der Waals surface area contributed by atoms with Gasteiger partial charge in [0.15, 0.2) is 11.6 Å². The minimum absolute atomic E-state index is 0.0116. The Kier molecular flexibility index (Phi) is 5.35. The minimum atomic E-state index is -4.94. The van der Waals surface area contributed by atoms with E-state index in [0.717, 1.165) is 36.1 Å². The SMILES string of the molecule is Nc1ncnc2c3c(n(-c4ccc(NC(=O)Cc5ccccc5)c(OC(F)(F)F)c4)c12)CCC3. The van der Waals surface area contributed by atoms with Gasteiger partial charge < -0.3 is 20.4 Å². The average molecular weight is 467 g/mol. The van der Waals surface area contributed by atoms with E-state index in [1.165, 1.54) is 18.5 Å². The molecule has 0 spiro atoms. The number of rotatable bonds is 5. The summed E-state index contributed by atoms with van der Waals surface area (Å²) in [5, 5.41) is 2.53. The van der Waals surface area contributed by atoms with Gasteiger partial charge in [-0.25, -0.2) is 9.97 Å². The van der Waals surface area contributed by atoms with E-state index in [0.29, 0.717) is 16.7 Å². The van der Waals surface area contributed by atoms with Crippen molar-refractivity contribution in [2.75, 3.05) is 11.1 Å². The maximum Gasteiger partial charge on any atom is 0.573 e. The number of benzene rings is 2. The molecule has 7 nitrogen and oxygen atoms in total. The Morgan fingerprint density at radius 2 is 1.91 bits per heavy atom. The van der Waals surface area contributed by atoms with Crippen LogP contribution in [0, 0.1) is 0 Å². The Labute approximate surface area is 192 Å². The van der Waals surface area contributed by atoms with Crippen LogP contribution in [0.1, 0.15) is 23.2 Å². The second-order valence-electron chi connectivity index (χ2n) is 8.01. The number of fused-ring (bicyclic) bond motifs is 3. The highest BCUT2D eigenvalue weighted by atomic mass is 19.4. The van der Waals surface area contributed by atoms with Gasteiger partial charge in [0.1, 0.15) is 11.8 Å². The van der Waals surface area contributed by atoms with Crippen molar-refractivity contribution < 1.29 is 22.7 Å². The number of aryl methyl sites for hydroxylation is 1. The molecule has 0 fully saturated rings. The van der Waals surface area contributed by atoms with Crippen molar-refractivity contribution in [2.45, 2.75) is 32.0 Å². The molecule has 0 radical (unpaired) electrons. The number of alkyl halides is 3. The zero-order chi connectivity index (χ0) is 23.9. The van der Waals surface area contributed by atoms with Gasteiger partial charge in [-0.15, -0.1) is 13.2 Å². The summed E-state index contributed by atoms with van der Waals surface area (Å²) in [5.74, 6) is -0.746. The van der Waals surface area contributed by atoms with Crippen LogP contribution in [0.4, 0.5) is 24.7 Å². The smallest absolute Gasteiger partial charge is 0.403 e. The lowest BCUT2D eigenvalue weighted by atomic mass is 10.1. The molecule has 2 aromatic carbocycles. The topological polar surface area (TPSA) is 95.1 Å². The summed E-state index contributed by atoms with van der Waals surface area (Å²) in [6.07, 6.45) is -1.11. The summed E-state index contributed by atoms with van der Waals surface area (Å²) in [4.78, 5) is 20.9. The fourth-order valence-corrected chi connectivity index (χ4v) is 4.42. The van der Waals surface area contributed by atoms with Crippen LogP contribution in [-0.4, -0.2) is 26.8 Å². The number of nitrogens with one attached hydrogen (secondary N) is 1. The van der Waals surface area contributed by atoms with E-state index in [4.69, 9.17) is 5.73 Å². The molecular weight excluding hydrogens is 447 g/mol. The van der Waals surface area contributed by atoms with Crippen molar-refractivity contribution in [3.8, 4) is 11.4 Å². The molecule has 2 heterocycles. The number of nitrogens with two attached hydrogens (primary N) is 1. The summed E-state index contributed by atoms with van der Waals surface area (Å²) >= 11 is 0. The highest BCUT2D eigenvalue weighted by Gasteiger charge is 2.33. The third-order valence-electron chi connectivity index (χ3n) is 5.75. The average Bonchev–Trinajstić information content (AvgIpc) is 3.37. The van der Waals surface area contributed by atoms with Gasteiger partial charge in [-0.3, -0.25) is 4.79 Å². The largest absolute Gasteiger partial charge is 0.573 e. The Bertz CT molecular complexity index is 1380. The summed E-state index contributed by atoms with van der Waals surface area (Å²) < 4.78 is 45.8. The quantitative estimate of drug-likeness (QED) is 0.448. The summed E-state index contributed by atoms with van der Waals surface area (Å²) in [6.45, 7) is 0. The molecule has 34 heavy (non-hydrogen) atoms. The molecule has 10 heteroatoms. The second-order valence-corrected chi connectivity index (χ2v) is 8.01. The number of halogens is 3. The van der Waals surface area contributed by atoms with Crippen molar-refractivity contribution in [3.05, 3.63) is 71.7 Å². The third kappa shape index (κ3) is 4.14. The van der Waals surface area contributed by atoms with Gasteiger partial charge >= 0.3 is 6.36 Å². The number of carbonyl (C=O) groups is 1. The highest BCUT2D eigenvalue weighted by molar-refractivity contribution is 5.94. The number of hydrogen-bond donors (Lipinski definition) is 2. The maximum absolute atomic E-state index is 13.2. The first-order chi connectivity index (χ1) is 16.3. The van der Waals surface area contributed by atoms with Gasteiger partial charge in [0, 0.05) is 17.4 Å². The van der Waals surface area contributed by atoms with Gasteiger partial charge in [-0.1, -0.05) is 30.3 Å². The molecule has 5 rings (SSSR count). The summed E-state index contributed by atoms with van der Waals surface area (Å²) in [6, 6.07) is 13.2. The lowest BCUT2D eigenvalue weighted by Crippen LogP contribution is -2.20. The van der Waals surface area contributed by atoms with Crippen molar-refractivity contribution in [1.82, 2.24) is 14.5 Å². The minimum Gasteiger partial charge on any atom is -0.403 e. The number of nitrogens with zero attached hydrogens (tertiary/aromatic N) is 3. The molecule has 1 aliphatic rings. The monoisotopic (exact) mass is 467 g/mol. The van der Waals surface area contributed by atoms with E-state index in [9.17, 15) is 18.0 Å². The van der Waals surface area contributed by atoms with Crippen LogP contribution in [-0.2, 0) is 24.1 Å². The van der Waals surface area contributed by atoms with Gasteiger partial charge in [0.05, 0.1) is 17.6 Å². The van der Waals surface area contributed by atoms with E-state index in [1.807, 2.05) is 6.07 Å². The second kappa shape index (κ2) is 8.36. The molecule has 3 N–H and O–H groups in total. The fraction of sp³-hybridized carbons (Fsp3) is 0.208. The van der Waals surface area contributed by atoms with E-state index in [-0.39, 0.29) is 17.9 Å². The van der Waals surface area contributed by atoms with Crippen LogP contribution in [0.5, 0.6) is 5.75 Å². The number of amides is 1. The van der Waals surface area contributed by atoms with Crippen LogP contribution in [0.3, 0.4) is 0 Å². The van der Waals surface area contributed by atoms with Crippen LogP contribution >= 0.6 is 0 Å². The Morgan fingerprint density at radius 1 is 1.12 bits per heavy atom. The highest BCUT2D eigenvalue weighted by Crippen LogP contribution is 2.39. The van der Waals surface area contributed by atoms with E-state index in [1.54, 1.807) is 34.9 Å². The molecule has 0 bridgehead atoms. The fourth-order valence-electron chi connectivity index (χ4n) is 4.42. The number of carbonyl (C=O) groups excluding carboxylic acids is 1. The number of hydrogen-bond acceptors (Lipinski definition) is 5. The number of aromatic nitrogens is 3. The predicted molar refractivity (Wildman–Crippen MR) is 121 cm³/mol. The van der Waals surface area contributed by atoms with Crippen LogP contribution in [0.2, 0.25) is 0 Å². The Morgan fingerprint density at radius 3 is 2.68 bits per heavy atom. The molecule has 4 aromatic rings. The van der Waals surface area contributed by atoms with Crippen LogP contribution < -0.4 is 15.8 Å². The standard InChI is InChI=1S/C24H20F3N5O2/c25-24(26,27)34-19-12-15(9-10-17(19)31-20(33)11-14-5-2-1-3-6-14)32-18-8-4-7-16(18)21-22(32)23(28)30-13-29-21/h1-3,5-6,9-10,12-13H,4,7-8,11H2,(H,31,33)(H2,28,29,30). The Hall–Kier alpha value is -4.08. The molecule has 0 unspecified atom stereocenters. The zero-order valence-corrected chi connectivity index (χ0v) is 17.9. The molecule has 0 saturated carbocycles. The van der Waals surface area contributed by atoms with Crippen molar-refractivity contribution in [1.29, 1.82) is 0 Å². The van der Waals surface area contributed by atoms with Gasteiger partial charge in [0.25, 0.3) is 0 Å². The molecule has 174 valence electrons. The zero-order valence-electron chi connectivity index (χ0n) is 17.9. The van der Waals surface area contributed by atoms with Crippen LogP contribution in [0.25, 0.3) is 16.7 Å². The molecule has 0 aliphatic heterocycles. The molecule has 0 saturated heterocycles. The lowest BCUT2D eigenvalue weighted by molar-refractivity contribution is -0.274. The molecule has 0 atom stereocenters. The normalized spacial score (nSPS) is 13.1. The van der Waals surface area contributed by atoms with E-state index >= 15 is 0 Å². The molecule has 2 aromatic heterocycles.